The zero-order chi connectivity index (χ0) is 13.8. The van der Waals surface area contributed by atoms with Gasteiger partial charge in [0, 0.05) is 23.7 Å². The summed E-state index contributed by atoms with van der Waals surface area (Å²) in [4.78, 5) is 11.4. The van der Waals surface area contributed by atoms with Gasteiger partial charge in [-0.3, -0.25) is 4.79 Å². The molecule has 0 saturated carbocycles. The molecule has 0 heterocycles. The SMILES string of the molecule is CCC(=O)c1ccc(NC(C)CC(F)(F)F)cc1. The third-order valence-electron chi connectivity index (χ3n) is 2.48. The first-order chi connectivity index (χ1) is 8.31. The van der Waals surface area contributed by atoms with Crippen LogP contribution in [-0.2, 0) is 0 Å². The standard InChI is InChI=1S/C13H16F3NO/c1-3-12(18)10-4-6-11(7-5-10)17-9(2)8-13(14,15)16/h4-7,9,17H,3,8H2,1-2H3. The molecule has 0 aromatic heterocycles. The Hall–Kier alpha value is -1.52. The fraction of sp³-hybridized carbons (Fsp3) is 0.462. The highest BCUT2D eigenvalue weighted by molar-refractivity contribution is 5.96. The molecule has 1 unspecified atom stereocenters. The van der Waals surface area contributed by atoms with Crippen LogP contribution in [0.2, 0.25) is 0 Å². The lowest BCUT2D eigenvalue weighted by atomic mass is 10.1. The van der Waals surface area contributed by atoms with Crippen LogP contribution in [0.15, 0.2) is 24.3 Å². The van der Waals surface area contributed by atoms with E-state index < -0.39 is 18.6 Å². The highest BCUT2D eigenvalue weighted by Gasteiger charge is 2.29. The molecule has 18 heavy (non-hydrogen) atoms. The van der Waals surface area contributed by atoms with E-state index in [1.165, 1.54) is 6.92 Å². The lowest BCUT2D eigenvalue weighted by Gasteiger charge is -2.17. The summed E-state index contributed by atoms with van der Waals surface area (Å²) in [5.41, 5.74) is 1.16. The Labute approximate surface area is 104 Å². The van der Waals surface area contributed by atoms with Crippen LogP contribution in [0.5, 0.6) is 0 Å². The molecule has 0 bridgehead atoms. The Kier molecular flexibility index (Phi) is 4.76. The molecule has 0 radical (unpaired) electrons. The predicted molar refractivity (Wildman–Crippen MR) is 64.8 cm³/mol. The minimum absolute atomic E-state index is 0.0184. The van der Waals surface area contributed by atoms with Gasteiger partial charge in [-0.25, -0.2) is 0 Å². The van der Waals surface area contributed by atoms with Crippen LogP contribution < -0.4 is 5.32 Å². The molecule has 0 spiro atoms. The first kappa shape index (κ1) is 14.5. The topological polar surface area (TPSA) is 29.1 Å². The van der Waals surface area contributed by atoms with E-state index in [1.807, 2.05) is 0 Å². The van der Waals surface area contributed by atoms with E-state index in [1.54, 1.807) is 31.2 Å². The van der Waals surface area contributed by atoms with Gasteiger partial charge in [-0.2, -0.15) is 13.2 Å². The minimum atomic E-state index is -4.18. The number of hydrogen-bond donors (Lipinski definition) is 1. The van der Waals surface area contributed by atoms with Gasteiger partial charge in [0.05, 0.1) is 6.42 Å². The minimum Gasteiger partial charge on any atom is -0.382 e. The molecule has 100 valence electrons. The molecule has 0 saturated heterocycles. The molecular formula is C13H16F3NO. The van der Waals surface area contributed by atoms with E-state index >= 15 is 0 Å². The summed E-state index contributed by atoms with van der Waals surface area (Å²) in [6.45, 7) is 3.23. The predicted octanol–water partition coefficient (Wildman–Crippen LogP) is 4.03. The van der Waals surface area contributed by atoms with Gasteiger partial charge < -0.3 is 5.32 Å². The van der Waals surface area contributed by atoms with E-state index in [2.05, 4.69) is 5.32 Å². The van der Waals surface area contributed by atoms with Crippen LogP contribution in [0.25, 0.3) is 0 Å². The summed E-state index contributed by atoms with van der Waals surface area (Å²) in [5.74, 6) is 0.0184. The van der Waals surface area contributed by atoms with Crippen LogP contribution in [0.1, 0.15) is 37.0 Å². The Morgan fingerprint density at radius 3 is 2.28 bits per heavy atom. The van der Waals surface area contributed by atoms with Crippen molar-refractivity contribution >= 4 is 11.5 Å². The van der Waals surface area contributed by atoms with Crippen LogP contribution in [0.4, 0.5) is 18.9 Å². The summed E-state index contributed by atoms with van der Waals surface area (Å²) in [6.07, 6.45) is -4.65. The lowest BCUT2D eigenvalue weighted by molar-refractivity contribution is -0.136. The maximum absolute atomic E-state index is 12.1. The molecule has 1 aromatic rings. The highest BCUT2D eigenvalue weighted by Crippen LogP contribution is 2.23. The lowest BCUT2D eigenvalue weighted by Crippen LogP contribution is -2.23. The van der Waals surface area contributed by atoms with E-state index in [9.17, 15) is 18.0 Å². The quantitative estimate of drug-likeness (QED) is 0.809. The number of carbonyl (C=O) groups excluding carboxylic acids is 1. The van der Waals surface area contributed by atoms with Gasteiger partial charge in [0.2, 0.25) is 0 Å². The maximum Gasteiger partial charge on any atom is 0.391 e. The number of benzene rings is 1. The zero-order valence-electron chi connectivity index (χ0n) is 10.3. The molecule has 1 N–H and O–H groups in total. The van der Waals surface area contributed by atoms with E-state index in [0.717, 1.165) is 0 Å². The molecule has 1 atom stereocenters. The van der Waals surface area contributed by atoms with Gasteiger partial charge >= 0.3 is 6.18 Å². The van der Waals surface area contributed by atoms with Crippen LogP contribution in [0.3, 0.4) is 0 Å². The molecule has 0 aliphatic carbocycles. The Morgan fingerprint density at radius 1 is 1.28 bits per heavy atom. The monoisotopic (exact) mass is 259 g/mol. The summed E-state index contributed by atoms with van der Waals surface area (Å²) in [7, 11) is 0. The number of rotatable bonds is 5. The normalized spacial score (nSPS) is 13.2. The van der Waals surface area contributed by atoms with Gasteiger partial charge in [-0.15, -0.1) is 0 Å². The van der Waals surface area contributed by atoms with Gasteiger partial charge in [0.15, 0.2) is 5.78 Å². The molecule has 0 fully saturated rings. The number of carbonyl (C=O) groups is 1. The first-order valence-corrected chi connectivity index (χ1v) is 5.78. The summed E-state index contributed by atoms with van der Waals surface area (Å²) in [6, 6.07) is 5.78. The van der Waals surface area contributed by atoms with Crippen LogP contribution in [-0.4, -0.2) is 18.0 Å². The van der Waals surface area contributed by atoms with Crippen LogP contribution >= 0.6 is 0 Å². The second-order valence-electron chi connectivity index (χ2n) is 4.22. The molecule has 5 heteroatoms. The number of anilines is 1. The van der Waals surface area contributed by atoms with Crippen molar-refractivity contribution in [3.05, 3.63) is 29.8 Å². The number of Topliss-reactive ketones (excluding diaryl/α,β-unsaturated/α-hetero) is 1. The second-order valence-corrected chi connectivity index (χ2v) is 4.22. The van der Waals surface area contributed by atoms with Crippen molar-refractivity contribution in [3.8, 4) is 0 Å². The van der Waals surface area contributed by atoms with Gasteiger partial charge in [0.25, 0.3) is 0 Å². The van der Waals surface area contributed by atoms with Crippen molar-refractivity contribution in [1.29, 1.82) is 0 Å². The molecule has 1 aromatic carbocycles. The fourth-order valence-corrected chi connectivity index (χ4v) is 1.64. The molecule has 2 nitrogen and oxygen atoms in total. The number of halogens is 3. The fourth-order valence-electron chi connectivity index (χ4n) is 1.64. The molecule has 0 amide bonds. The summed E-state index contributed by atoms with van der Waals surface area (Å²) in [5, 5.41) is 2.75. The molecule has 0 aliphatic heterocycles. The van der Waals surface area contributed by atoms with Gasteiger partial charge in [0.1, 0.15) is 0 Å². The van der Waals surface area contributed by atoms with Crippen molar-refractivity contribution < 1.29 is 18.0 Å². The van der Waals surface area contributed by atoms with Crippen molar-refractivity contribution in [2.75, 3.05) is 5.32 Å². The van der Waals surface area contributed by atoms with Crippen molar-refractivity contribution in [2.45, 2.75) is 38.9 Å². The van der Waals surface area contributed by atoms with Crippen molar-refractivity contribution in [2.24, 2.45) is 0 Å². The number of alkyl halides is 3. The number of nitrogens with one attached hydrogen (secondary N) is 1. The van der Waals surface area contributed by atoms with Crippen molar-refractivity contribution in [3.63, 3.8) is 0 Å². The van der Waals surface area contributed by atoms with E-state index in [-0.39, 0.29) is 5.78 Å². The Bertz CT molecular complexity index is 398. The first-order valence-electron chi connectivity index (χ1n) is 5.78. The van der Waals surface area contributed by atoms with Gasteiger partial charge in [-0.1, -0.05) is 6.92 Å². The average molecular weight is 259 g/mol. The maximum atomic E-state index is 12.1. The van der Waals surface area contributed by atoms with Crippen LogP contribution in [0, 0.1) is 0 Å². The Balaban J connectivity index is 2.61. The van der Waals surface area contributed by atoms with E-state index in [4.69, 9.17) is 0 Å². The second kappa shape index (κ2) is 5.89. The summed E-state index contributed by atoms with van der Waals surface area (Å²) >= 11 is 0. The molecule has 0 aliphatic rings. The van der Waals surface area contributed by atoms with Crippen molar-refractivity contribution in [1.82, 2.24) is 0 Å². The average Bonchev–Trinajstić information content (AvgIpc) is 2.26. The zero-order valence-corrected chi connectivity index (χ0v) is 10.3. The number of ketones is 1. The van der Waals surface area contributed by atoms with E-state index in [0.29, 0.717) is 17.7 Å². The summed E-state index contributed by atoms with van der Waals surface area (Å²) < 4.78 is 36.4. The number of hydrogen-bond acceptors (Lipinski definition) is 2. The van der Waals surface area contributed by atoms with Gasteiger partial charge in [-0.05, 0) is 31.2 Å². The third kappa shape index (κ3) is 4.77. The largest absolute Gasteiger partial charge is 0.391 e. The highest BCUT2D eigenvalue weighted by atomic mass is 19.4. The smallest absolute Gasteiger partial charge is 0.382 e. The molecular weight excluding hydrogens is 243 g/mol. The third-order valence-corrected chi connectivity index (χ3v) is 2.48. The molecule has 1 rings (SSSR count). The Morgan fingerprint density at radius 2 is 1.83 bits per heavy atom.